The SMILES string of the molecule is O=C(N/N=C/c1ccco1)OC[C@H]1O[C@@H](n2ccc(=O)[nH]c2=O)[C@H](O)[C@@H]1O. The first-order valence-electron chi connectivity index (χ1n) is 7.78. The van der Waals surface area contributed by atoms with E-state index in [4.69, 9.17) is 13.9 Å². The molecule has 12 heteroatoms. The molecule has 4 atom stereocenters. The lowest BCUT2D eigenvalue weighted by Crippen LogP contribution is -2.38. The van der Waals surface area contributed by atoms with Crippen molar-refractivity contribution in [1.29, 1.82) is 0 Å². The summed E-state index contributed by atoms with van der Waals surface area (Å²) in [6.07, 6.45) is -2.34. The molecule has 1 aliphatic rings. The number of nitrogens with zero attached hydrogens (tertiary/aromatic N) is 2. The van der Waals surface area contributed by atoms with E-state index in [1.165, 1.54) is 12.5 Å². The molecular weight excluding hydrogens is 364 g/mol. The summed E-state index contributed by atoms with van der Waals surface area (Å²) in [6.45, 7) is -0.408. The van der Waals surface area contributed by atoms with Gasteiger partial charge in [-0.2, -0.15) is 5.10 Å². The van der Waals surface area contributed by atoms with E-state index in [-0.39, 0.29) is 0 Å². The summed E-state index contributed by atoms with van der Waals surface area (Å²) in [5.74, 6) is 0.419. The van der Waals surface area contributed by atoms with Crippen molar-refractivity contribution in [3.8, 4) is 0 Å². The quantitative estimate of drug-likeness (QED) is 0.359. The number of rotatable bonds is 5. The van der Waals surface area contributed by atoms with Crippen LogP contribution in [-0.2, 0) is 9.47 Å². The molecule has 0 bridgehead atoms. The van der Waals surface area contributed by atoms with E-state index in [0.717, 1.165) is 16.8 Å². The Kier molecular flexibility index (Phi) is 5.49. The Bertz CT molecular complexity index is 918. The smallest absolute Gasteiger partial charge is 0.427 e. The molecule has 0 spiro atoms. The Morgan fingerprint density at radius 2 is 2.19 bits per heavy atom. The Balaban J connectivity index is 1.55. The van der Waals surface area contributed by atoms with Crippen LogP contribution in [0.5, 0.6) is 0 Å². The number of amides is 1. The number of aromatic nitrogens is 2. The Labute approximate surface area is 150 Å². The molecule has 0 radical (unpaired) electrons. The zero-order valence-electron chi connectivity index (χ0n) is 13.7. The van der Waals surface area contributed by atoms with Crippen molar-refractivity contribution in [2.75, 3.05) is 6.61 Å². The summed E-state index contributed by atoms with van der Waals surface area (Å²) in [4.78, 5) is 36.5. The summed E-state index contributed by atoms with van der Waals surface area (Å²) in [5.41, 5.74) is 0.653. The molecule has 0 aromatic carbocycles. The molecule has 12 nitrogen and oxygen atoms in total. The molecule has 1 aliphatic heterocycles. The van der Waals surface area contributed by atoms with E-state index in [0.29, 0.717) is 5.76 Å². The second-order valence-corrected chi connectivity index (χ2v) is 5.55. The molecule has 0 aliphatic carbocycles. The van der Waals surface area contributed by atoms with Crippen LogP contribution in [0.4, 0.5) is 4.79 Å². The van der Waals surface area contributed by atoms with Crippen molar-refractivity contribution in [2.24, 2.45) is 5.10 Å². The van der Waals surface area contributed by atoms with Gasteiger partial charge in [-0.1, -0.05) is 0 Å². The highest BCUT2D eigenvalue weighted by atomic mass is 16.6. The number of furan rings is 1. The fraction of sp³-hybridized carbons (Fsp3) is 0.333. The Morgan fingerprint density at radius 3 is 2.89 bits per heavy atom. The first-order valence-corrected chi connectivity index (χ1v) is 7.78. The molecule has 0 unspecified atom stereocenters. The van der Waals surface area contributed by atoms with Crippen LogP contribution in [0.25, 0.3) is 0 Å². The first-order chi connectivity index (χ1) is 13.0. The molecule has 0 saturated carbocycles. The standard InChI is InChI=1S/C15H16N4O8/c20-10-3-4-19(14(23)17-10)13-12(22)11(21)9(27-13)7-26-15(24)18-16-6-8-2-1-5-25-8/h1-6,9,11-13,21-22H,7H2,(H,18,24)(H,17,20,23)/b16-6+/t9-,11-,12-,13-/m1/s1. The monoisotopic (exact) mass is 380 g/mol. The Hall–Kier alpha value is -3.22. The summed E-state index contributed by atoms with van der Waals surface area (Å²) >= 11 is 0. The van der Waals surface area contributed by atoms with Gasteiger partial charge in [0.15, 0.2) is 6.23 Å². The summed E-state index contributed by atoms with van der Waals surface area (Å²) < 4.78 is 16.2. The summed E-state index contributed by atoms with van der Waals surface area (Å²) in [5, 5.41) is 23.7. The van der Waals surface area contributed by atoms with Crippen LogP contribution >= 0.6 is 0 Å². The number of carbonyl (C=O) groups is 1. The molecule has 3 rings (SSSR count). The molecule has 2 aromatic heterocycles. The van der Waals surface area contributed by atoms with Crippen molar-refractivity contribution in [2.45, 2.75) is 24.5 Å². The molecule has 4 N–H and O–H groups in total. The van der Waals surface area contributed by atoms with E-state index < -0.39 is 48.5 Å². The molecule has 144 valence electrons. The summed E-state index contributed by atoms with van der Waals surface area (Å²) in [7, 11) is 0. The minimum Gasteiger partial charge on any atom is -0.463 e. The highest BCUT2D eigenvalue weighted by Crippen LogP contribution is 2.28. The number of H-pyrrole nitrogens is 1. The fourth-order valence-electron chi connectivity index (χ4n) is 2.43. The lowest BCUT2D eigenvalue weighted by Gasteiger charge is -2.16. The van der Waals surface area contributed by atoms with Gasteiger partial charge in [0.05, 0.1) is 12.5 Å². The number of aliphatic hydroxyl groups is 2. The van der Waals surface area contributed by atoms with Gasteiger partial charge in [-0.3, -0.25) is 14.3 Å². The maximum Gasteiger partial charge on any atom is 0.427 e. The lowest BCUT2D eigenvalue weighted by molar-refractivity contribution is -0.0570. The van der Waals surface area contributed by atoms with E-state index >= 15 is 0 Å². The molecule has 1 fully saturated rings. The van der Waals surface area contributed by atoms with Crippen molar-refractivity contribution < 1.29 is 28.9 Å². The molecular formula is C15H16N4O8. The van der Waals surface area contributed by atoms with Crippen LogP contribution in [0.3, 0.4) is 0 Å². The van der Waals surface area contributed by atoms with E-state index in [9.17, 15) is 24.6 Å². The fourth-order valence-corrected chi connectivity index (χ4v) is 2.43. The Morgan fingerprint density at radius 1 is 1.37 bits per heavy atom. The van der Waals surface area contributed by atoms with Gasteiger partial charge < -0.3 is 24.1 Å². The topological polar surface area (TPSA) is 168 Å². The number of nitrogens with one attached hydrogen (secondary N) is 2. The highest BCUT2D eigenvalue weighted by molar-refractivity contribution is 5.77. The number of hydrogen-bond donors (Lipinski definition) is 4. The van der Waals surface area contributed by atoms with Crippen LogP contribution in [0.15, 0.2) is 49.8 Å². The zero-order chi connectivity index (χ0) is 19.4. The number of aromatic amines is 1. The second kappa shape index (κ2) is 7.99. The van der Waals surface area contributed by atoms with Gasteiger partial charge >= 0.3 is 11.8 Å². The third-order valence-corrected chi connectivity index (χ3v) is 3.73. The number of ether oxygens (including phenoxy) is 2. The van der Waals surface area contributed by atoms with E-state index in [1.807, 2.05) is 4.98 Å². The number of carbonyl (C=O) groups excluding carboxylic acids is 1. The normalized spacial score (nSPS) is 25.0. The molecule has 3 heterocycles. The lowest BCUT2D eigenvalue weighted by atomic mass is 10.1. The van der Waals surface area contributed by atoms with Crippen LogP contribution in [0.1, 0.15) is 12.0 Å². The predicted molar refractivity (Wildman–Crippen MR) is 88.0 cm³/mol. The molecule has 1 saturated heterocycles. The van der Waals surface area contributed by atoms with Crippen molar-refractivity contribution in [3.05, 3.63) is 57.3 Å². The van der Waals surface area contributed by atoms with Crippen molar-refractivity contribution >= 4 is 12.3 Å². The molecule has 2 aromatic rings. The minimum atomic E-state index is -1.47. The van der Waals surface area contributed by atoms with E-state index in [1.54, 1.807) is 12.1 Å². The van der Waals surface area contributed by atoms with Gasteiger partial charge in [0.1, 0.15) is 30.7 Å². The van der Waals surface area contributed by atoms with Crippen LogP contribution in [-0.4, -0.2) is 57.0 Å². The highest BCUT2D eigenvalue weighted by Gasteiger charge is 2.44. The predicted octanol–water partition coefficient (Wildman–Crippen LogP) is -1.49. The summed E-state index contributed by atoms with van der Waals surface area (Å²) in [6, 6.07) is 4.34. The third-order valence-electron chi connectivity index (χ3n) is 3.73. The minimum absolute atomic E-state index is 0.408. The van der Waals surface area contributed by atoms with E-state index in [2.05, 4.69) is 10.5 Å². The van der Waals surface area contributed by atoms with Gasteiger partial charge in [0, 0.05) is 12.3 Å². The second-order valence-electron chi connectivity index (χ2n) is 5.55. The van der Waals surface area contributed by atoms with Gasteiger partial charge in [-0.05, 0) is 12.1 Å². The molecule has 1 amide bonds. The zero-order valence-corrected chi connectivity index (χ0v) is 13.7. The first kappa shape index (κ1) is 18.6. The van der Waals surface area contributed by atoms with Gasteiger partial charge in [0.2, 0.25) is 0 Å². The van der Waals surface area contributed by atoms with Gasteiger partial charge in [-0.25, -0.2) is 15.0 Å². The number of hydrogen-bond acceptors (Lipinski definition) is 9. The maximum absolute atomic E-state index is 11.8. The third kappa shape index (κ3) is 4.31. The van der Waals surface area contributed by atoms with Crippen molar-refractivity contribution in [1.82, 2.24) is 15.0 Å². The molecule has 27 heavy (non-hydrogen) atoms. The van der Waals surface area contributed by atoms with Gasteiger partial charge in [0.25, 0.3) is 5.56 Å². The number of hydrazone groups is 1. The van der Waals surface area contributed by atoms with Crippen LogP contribution < -0.4 is 16.7 Å². The van der Waals surface area contributed by atoms with Crippen molar-refractivity contribution in [3.63, 3.8) is 0 Å². The largest absolute Gasteiger partial charge is 0.463 e. The average Bonchev–Trinajstić information content (AvgIpc) is 3.24. The maximum atomic E-state index is 11.8. The average molecular weight is 380 g/mol. The van der Waals surface area contributed by atoms with Crippen LogP contribution in [0, 0.1) is 0 Å². The van der Waals surface area contributed by atoms with Gasteiger partial charge in [-0.15, -0.1) is 0 Å². The van der Waals surface area contributed by atoms with Crippen LogP contribution in [0.2, 0.25) is 0 Å². The number of aliphatic hydroxyl groups excluding tert-OH is 2.